The first kappa shape index (κ1) is 10.0. The summed E-state index contributed by atoms with van der Waals surface area (Å²) in [5, 5.41) is 0. The standard InChI is InChI=1S/C15H19NO/c17-13-1-2-16-14(6-13)15-7-10-3-11(8-15)5-12(4-10)9-15/h1-2,10-12H,3-9H2. The zero-order chi connectivity index (χ0) is 11.5. The number of carbonyl (C=O) groups is 1. The molecule has 0 atom stereocenters. The van der Waals surface area contributed by atoms with Gasteiger partial charge in [0.1, 0.15) is 0 Å². The SMILES string of the molecule is O=C1C=CN=C(C23CC4CC(CC(C4)C2)C3)C1. The molecule has 0 saturated heterocycles. The molecule has 0 radical (unpaired) electrons. The van der Waals surface area contributed by atoms with Crippen LogP contribution in [0.4, 0.5) is 0 Å². The van der Waals surface area contributed by atoms with Crippen LogP contribution in [0.25, 0.3) is 0 Å². The normalized spacial score (nSPS) is 47.4. The van der Waals surface area contributed by atoms with Crippen molar-refractivity contribution in [3.8, 4) is 0 Å². The minimum atomic E-state index is 0.255. The van der Waals surface area contributed by atoms with Gasteiger partial charge in [-0.25, -0.2) is 0 Å². The minimum absolute atomic E-state index is 0.255. The van der Waals surface area contributed by atoms with Gasteiger partial charge in [0.15, 0.2) is 5.78 Å². The first-order valence-electron chi connectivity index (χ1n) is 7.00. The van der Waals surface area contributed by atoms with Gasteiger partial charge in [0.2, 0.25) is 0 Å². The number of hydrogen-bond donors (Lipinski definition) is 0. The highest BCUT2D eigenvalue weighted by molar-refractivity contribution is 6.10. The molecule has 0 aromatic heterocycles. The molecule has 0 aromatic rings. The number of hydrogen-bond acceptors (Lipinski definition) is 2. The van der Waals surface area contributed by atoms with E-state index in [0.29, 0.717) is 11.8 Å². The fourth-order valence-corrected chi connectivity index (χ4v) is 5.27. The second kappa shape index (κ2) is 3.30. The molecule has 0 N–H and O–H groups in total. The summed E-state index contributed by atoms with van der Waals surface area (Å²) in [5.41, 5.74) is 1.55. The molecule has 2 nitrogen and oxygen atoms in total. The monoisotopic (exact) mass is 229 g/mol. The van der Waals surface area contributed by atoms with Gasteiger partial charge in [-0.3, -0.25) is 9.79 Å². The van der Waals surface area contributed by atoms with Gasteiger partial charge in [-0.1, -0.05) is 0 Å². The van der Waals surface area contributed by atoms with Crippen molar-refractivity contribution in [2.45, 2.75) is 44.9 Å². The summed E-state index contributed by atoms with van der Waals surface area (Å²) in [7, 11) is 0. The van der Waals surface area contributed by atoms with E-state index < -0.39 is 0 Å². The van der Waals surface area contributed by atoms with Gasteiger partial charge >= 0.3 is 0 Å². The second-order valence-electron chi connectivity index (χ2n) is 6.73. The van der Waals surface area contributed by atoms with Crippen LogP contribution in [-0.4, -0.2) is 11.5 Å². The topological polar surface area (TPSA) is 29.4 Å². The maximum absolute atomic E-state index is 11.6. The Kier molecular flexibility index (Phi) is 1.95. The molecule has 0 amide bonds. The highest BCUT2D eigenvalue weighted by atomic mass is 16.1. The molecule has 2 heteroatoms. The number of carbonyl (C=O) groups excluding carboxylic acids is 1. The van der Waals surface area contributed by atoms with Crippen LogP contribution in [-0.2, 0) is 4.79 Å². The predicted octanol–water partition coefficient (Wildman–Crippen LogP) is 3.13. The molecule has 0 spiro atoms. The molecule has 5 rings (SSSR count). The number of ketones is 1. The number of nitrogens with zero attached hydrogens (tertiary/aromatic N) is 1. The lowest BCUT2D eigenvalue weighted by Crippen LogP contribution is -2.50. The summed E-state index contributed by atoms with van der Waals surface area (Å²) in [6.45, 7) is 0. The molecule has 1 aliphatic heterocycles. The fraction of sp³-hybridized carbons (Fsp3) is 0.733. The molecule has 0 aromatic carbocycles. The molecular weight excluding hydrogens is 210 g/mol. The third kappa shape index (κ3) is 1.46. The average Bonchev–Trinajstić information content (AvgIpc) is 2.27. The zero-order valence-electron chi connectivity index (χ0n) is 10.2. The highest BCUT2D eigenvalue weighted by Crippen LogP contribution is 2.61. The number of rotatable bonds is 1. The summed E-state index contributed by atoms with van der Waals surface area (Å²) < 4.78 is 0. The summed E-state index contributed by atoms with van der Waals surface area (Å²) in [6.07, 6.45) is 12.3. The highest BCUT2D eigenvalue weighted by Gasteiger charge is 2.53. The molecule has 90 valence electrons. The van der Waals surface area contributed by atoms with Gasteiger partial charge in [0.05, 0.1) is 0 Å². The van der Waals surface area contributed by atoms with E-state index >= 15 is 0 Å². The van der Waals surface area contributed by atoms with E-state index in [4.69, 9.17) is 0 Å². The van der Waals surface area contributed by atoms with E-state index in [9.17, 15) is 4.79 Å². The number of aliphatic imine (C=N–C) groups is 1. The fourth-order valence-electron chi connectivity index (χ4n) is 5.27. The maximum atomic E-state index is 11.6. The minimum Gasteiger partial charge on any atom is -0.294 e. The van der Waals surface area contributed by atoms with Crippen molar-refractivity contribution in [1.82, 2.24) is 0 Å². The van der Waals surface area contributed by atoms with Crippen molar-refractivity contribution in [2.24, 2.45) is 28.2 Å². The van der Waals surface area contributed by atoms with E-state index in [-0.39, 0.29) is 5.78 Å². The Morgan fingerprint density at radius 1 is 1.06 bits per heavy atom. The molecular formula is C15H19NO. The lowest BCUT2D eigenvalue weighted by atomic mass is 9.48. The van der Waals surface area contributed by atoms with Crippen LogP contribution in [0, 0.1) is 23.2 Å². The Morgan fingerprint density at radius 3 is 2.18 bits per heavy atom. The molecule has 5 aliphatic rings. The van der Waals surface area contributed by atoms with Crippen molar-refractivity contribution in [1.29, 1.82) is 0 Å². The van der Waals surface area contributed by atoms with Gasteiger partial charge in [-0.05, 0) is 62.4 Å². The van der Waals surface area contributed by atoms with Crippen LogP contribution in [0.1, 0.15) is 44.9 Å². The van der Waals surface area contributed by atoms with E-state index in [1.54, 1.807) is 12.3 Å². The third-order valence-corrected chi connectivity index (χ3v) is 5.48. The molecule has 17 heavy (non-hydrogen) atoms. The lowest BCUT2D eigenvalue weighted by Gasteiger charge is -2.57. The van der Waals surface area contributed by atoms with E-state index in [2.05, 4.69) is 4.99 Å². The van der Waals surface area contributed by atoms with Crippen molar-refractivity contribution in [3.05, 3.63) is 12.3 Å². The predicted molar refractivity (Wildman–Crippen MR) is 66.8 cm³/mol. The van der Waals surface area contributed by atoms with Gasteiger partial charge < -0.3 is 0 Å². The van der Waals surface area contributed by atoms with E-state index in [1.807, 2.05) is 0 Å². The van der Waals surface area contributed by atoms with Crippen molar-refractivity contribution in [3.63, 3.8) is 0 Å². The Balaban J connectivity index is 1.70. The van der Waals surface area contributed by atoms with Gasteiger partial charge in [-0.15, -0.1) is 0 Å². The molecule has 1 heterocycles. The van der Waals surface area contributed by atoms with Crippen LogP contribution in [0.15, 0.2) is 17.3 Å². The van der Waals surface area contributed by atoms with E-state index in [1.165, 1.54) is 44.2 Å². The average molecular weight is 229 g/mol. The van der Waals surface area contributed by atoms with Gasteiger partial charge in [-0.2, -0.15) is 0 Å². The number of allylic oxidation sites excluding steroid dienone is 1. The zero-order valence-corrected chi connectivity index (χ0v) is 10.2. The molecule has 4 saturated carbocycles. The maximum Gasteiger partial charge on any atom is 0.162 e. The first-order valence-corrected chi connectivity index (χ1v) is 7.00. The summed E-state index contributed by atoms with van der Waals surface area (Å²) >= 11 is 0. The second-order valence-corrected chi connectivity index (χ2v) is 6.73. The Hall–Kier alpha value is -0.920. The molecule has 0 unspecified atom stereocenters. The third-order valence-electron chi connectivity index (χ3n) is 5.48. The Labute approximate surface area is 102 Å². The van der Waals surface area contributed by atoms with Crippen LogP contribution >= 0.6 is 0 Å². The molecule has 4 aliphatic carbocycles. The van der Waals surface area contributed by atoms with Crippen molar-refractivity contribution < 1.29 is 4.79 Å². The Morgan fingerprint density at radius 2 is 1.65 bits per heavy atom. The van der Waals surface area contributed by atoms with Crippen LogP contribution < -0.4 is 0 Å². The van der Waals surface area contributed by atoms with Crippen LogP contribution in [0.2, 0.25) is 0 Å². The van der Waals surface area contributed by atoms with E-state index in [0.717, 1.165) is 17.8 Å². The van der Waals surface area contributed by atoms with Crippen LogP contribution in [0.3, 0.4) is 0 Å². The largest absolute Gasteiger partial charge is 0.294 e. The van der Waals surface area contributed by atoms with Gasteiger partial charge in [0, 0.05) is 23.7 Å². The summed E-state index contributed by atoms with van der Waals surface area (Å²) in [6, 6.07) is 0. The quantitative estimate of drug-likeness (QED) is 0.679. The van der Waals surface area contributed by atoms with Gasteiger partial charge in [0.25, 0.3) is 0 Å². The Bertz CT molecular complexity index is 397. The summed E-state index contributed by atoms with van der Waals surface area (Å²) in [4.78, 5) is 16.2. The summed E-state index contributed by atoms with van der Waals surface area (Å²) in [5.74, 6) is 3.06. The lowest BCUT2D eigenvalue weighted by molar-refractivity contribution is -0.113. The smallest absolute Gasteiger partial charge is 0.162 e. The van der Waals surface area contributed by atoms with Crippen molar-refractivity contribution in [2.75, 3.05) is 0 Å². The van der Waals surface area contributed by atoms with Crippen molar-refractivity contribution >= 4 is 11.5 Å². The van der Waals surface area contributed by atoms with Crippen LogP contribution in [0.5, 0.6) is 0 Å². The molecule has 4 bridgehead atoms. The first-order chi connectivity index (χ1) is 8.23. The molecule has 4 fully saturated rings.